The van der Waals surface area contributed by atoms with Gasteiger partial charge in [0.2, 0.25) is 0 Å². The molecule has 0 spiro atoms. The van der Waals surface area contributed by atoms with Crippen molar-refractivity contribution in [3.63, 3.8) is 0 Å². The number of hydrogen-bond donors (Lipinski definition) is 1. The molecule has 0 radical (unpaired) electrons. The zero-order valence-corrected chi connectivity index (χ0v) is 13.3. The van der Waals surface area contributed by atoms with Crippen molar-refractivity contribution in [1.82, 2.24) is 0 Å². The molecule has 1 aliphatic rings. The molecule has 1 aliphatic carbocycles. The van der Waals surface area contributed by atoms with Crippen molar-refractivity contribution in [3.8, 4) is 11.1 Å². The minimum absolute atomic E-state index is 0.238. The van der Waals surface area contributed by atoms with E-state index in [-0.39, 0.29) is 5.78 Å². The molecule has 0 heterocycles. The topological polar surface area (TPSA) is 37.3 Å². The lowest BCUT2D eigenvalue weighted by atomic mass is 9.90. The summed E-state index contributed by atoms with van der Waals surface area (Å²) in [5.74, 6) is 0.106. The molecule has 0 atom stereocenters. The normalized spacial score (nSPS) is 12.7. The predicted octanol–water partition coefficient (Wildman–Crippen LogP) is 4.22. The maximum atomic E-state index is 11.5. The number of aliphatic hydroxyl groups is 1. The Morgan fingerprint density at radius 1 is 0.792 bits per heavy atom. The third-order valence-electron chi connectivity index (χ3n) is 4.82. The largest absolute Gasteiger partial charge is 0.388 e. The number of aliphatic hydroxyl groups excluding tert-OH is 1. The zero-order valence-electron chi connectivity index (χ0n) is 13.3. The van der Waals surface area contributed by atoms with E-state index in [9.17, 15) is 4.79 Å². The minimum Gasteiger partial charge on any atom is -0.388 e. The lowest BCUT2D eigenvalue weighted by Gasteiger charge is -2.14. The van der Waals surface area contributed by atoms with E-state index in [0.717, 1.165) is 6.42 Å². The Kier molecular flexibility index (Phi) is 3.75. The van der Waals surface area contributed by atoms with Crippen molar-refractivity contribution in [2.75, 3.05) is 6.61 Å². The molecule has 0 aromatic heterocycles. The Labute approximate surface area is 141 Å². The molecule has 4 rings (SSSR count). The van der Waals surface area contributed by atoms with E-state index in [1.54, 1.807) is 12.1 Å². The Morgan fingerprint density at radius 3 is 1.88 bits per heavy atom. The van der Waals surface area contributed by atoms with Gasteiger partial charge in [0.15, 0.2) is 5.78 Å². The minimum atomic E-state index is -0.442. The molecule has 24 heavy (non-hydrogen) atoms. The van der Waals surface area contributed by atoms with Crippen molar-refractivity contribution >= 4 is 5.78 Å². The first kappa shape index (κ1) is 14.9. The van der Waals surface area contributed by atoms with Crippen LogP contribution in [0.5, 0.6) is 0 Å². The lowest BCUT2D eigenvalue weighted by Crippen LogP contribution is -2.05. The second-order valence-electron chi connectivity index (χ2n) is 6.21. The first-order valence-electron chi connectivity index (χ1n) is 8.19. The third kappa shape index (κ3) is 2.45. The van der Waals surface area contributed by atoms with Crippen LogP contribution in [0.15, 0.2) is 72.8 Å². The maximum absolute atomic E-state index is 11.5. The molecule has 0 saturated heterocycles. The predicted molar refractivity (Wildman–Crippen MR) is 95.3 cm³/mol. The van der Waals surface area contributed by atoms with Crippen molar-refractivity contribution in [3.05, 3.63) is 95.1 Å². The first-order valence-corrected chi connectivity index (χ1v) is 8.19. The van der Waals surface area contributed by atoms with Crippen LogP contribution in [0.25, 0.3) is 11.1 Å². The van der Waals surface area contributed by atoms with Gasteiger partial charge >= 0.3 is 0 Å². The lowest BCUT2D eigenvalue weighted by molar-refractivity contribution is 0.0903. The van der Waals surface area contributed by atoms with Gasteiger partial charge in [0.05, 0.1) is 0 Å². The van der Waals surface area contributed by atoms with Gasteiger partial charge in [-0.2, -0.15) is 0 Å². The molecule has 3 aromatic rings. The van der Waals surface area contributed by atoms with Crippen LogP contribution in [0.4, 0.5) is 0 Å². The van der Waals surface area contributed by atoms with E-state index >= 15 is 0 Å². The molecule has 0 fully saturated rings. The SMILES string of the molecule is O=C(CO)c1ccc(CC2c3ccccc3-c3ccccc32)cc1. The highest BCUT2D eigenvalue weighted by atomic mass is 16.3. The molecule has 0 unspecified atom stereocenters. The van der Waals surface area contributed by atoms with Crippen LogP contribution in [0, 0.1) is 0 Å². The van der Waals surface area contributed by atoms with Gasteiger partial charge in [-0.15, -0.1) is 0 Å². The fourth-order valence-corrected chi connectivity index (χ4v) is 3.63. The van der Waals surface area contributed by atoms with E-state index in [2.05, 4.69) is 48.5 Å². The van der Waals surface area contributed by atoms with Gasteiger partial charge in [-0.25, -0.2) is 0 Å². The maximum Gasteiger partial charge on any atom is 0.188 e. The number of carbonyl (C=O) groups excluding carboxylic acids is 1. The summed E-state index contributed by atoms with van der Waals surface area (Å²) in [5, 5.41) is 8.96. The van der Waals surface area contributed by atoms with Gasteiger partial charge in [-0.3, -0.25) is 4.79 Å². The molecule has 0 aliphatic heterocycles. The van der Waals surface area contributed by atoms with E-state index in [1.807, 2.05) is 12.1 Å². The summed E-state index contributed by atoms with van der Waals surface area (Å²) in [4.78, 5) is 11.5. The van der Waals surface area contributed by atoms with Crippen LogP contribution in [0.3, 0.4) is 0 Å². The molecular formula is C22H18O2. The van der Waals surface area contributed by atoms with Crippen LogP contribution < -0.4 is 0 Å². The molecule has 2 nitrogen and oxygen atoms in total. The number of ketones is 1. The summed E-state index contributed by atoms with van der Waals surface area (Å²) in [6.07, 6.45) is 0.904. The number of rotatable bonds is 4. The second-order valence-corrected chi connectivity index (χ2v) is 6.21. The van der Waals surface area contributed by atoms with Crippen molar-refractivity contribution in [2.24, 2.45) is 0 Å². The molecule has 2 heteroatoms. The average molecular weight is 314 g/mol. The smallest absolute Gasteiger partial charge is 0.188 e. The Morgan fingerprint density at radius 2 is 1.33 bits per heavy atom. The fourth-order valence-electron chi connectivity index (χ4n) is 3.63. The number of Topliss-reactive ketones (excluding diaryl/α,β-unsaturated/α-hetero) is 1. The van der Waals surface area contributed by atoms with Gasteiger partial charge in [-0.1, -0.05) is 72.8 Å². The van der Waals surface area contributed by atoms with Crippen LogP contribution in [0.1, 0.15) is 33.0 Å². The van der Waals surface area contributed by atoms with Crippen LogP contribution in [-0.2, 0) is 6.42 Å². The van der Waals surface area contributed by atoms with E-state index in [4.69, 9.17) is 5.11 Å². The van der Waals surface area contributed by atoms with Crippen molar-refractivity contribution < 1.29 is 9.90 Å². The first-order chi connectivity index (χ1) is 11.8. The van der Waals surface area contributed by atoms with Gasteiger partial charge in [0.1, 0.15) is 6.61 Å². The summed E-state index contributed by atoms with van der Waals surface area (Å²) >= 11 is 0. The van der Waals surface area contributed by atoms with Crippen molar-refractivity contribution in [2.45, 2.75) is 12.3 Å². The number of carbonyl (C=O) groups is 1. The Balaban J connectivity index is 1.68. The molecule has 1 N–H and O–H groups in total. The summed E-state index contributed by atoms with van der Waals surface area (Å²) in [6, 6.07) is 24.8. The van der Waals surface area contributed by atoms with E-state index < -0.39 is 6.61 Å². The number of benzene rings is 3. The van der Waals surface area contributed by atoms with Gasteiger partial charge in [0, 0.05) is 11.5 Å². The van der Waals surface area contributed by atoms with Crippen molar-refractivity contribution in [1.29, 1.82) is 0 Å². The summed E-state index contributed by atoms with van der Waals surface area (Å²) in [7, 11) is 0. The van der Waals surface area contributed by atoms with Gasteiger partial charge < -0.3 is 5.11 Å². The molecule has 0 bridgehead atoms. The molecule has 118 valence electrons. The van der Waals surface area contributed by atoms with Gasteiger partial charge in [0.25, 0.3) is 0 Å². The zero-order chi connectivity index (χ0) is 16.5. The summed E-state index contributed by atoms with van der Waals surface area (Å²) < 4.78 is 0. The fraction of sp³-hybridized carbons (Fsp3) is 0.136. The summed E-state index contributed by atoms with van der Waals surface area (Å²) in [5.41, 5.74) is 7.15. The highest BCUT2D eigenvalue weighted by molar-refractivity contribution is 5.96. The Bertz CT molecular complexity index is 848. The quantitative estimate of drug-likeness (QED) is 0.732. The second kappa shape index (κ2) is 6.06. The number of hydrogen-bond acceptors (Lipinski definition) is 2. The van der Waals surface area contributed by atoms with E-state index in [0.29, 0.717) is 11.5 Å². The summed E-state index contributed by atoms with van der Waals surface area (Å²) in [6.45, 7) is -0.442. The van der Waals surface area contributed by atoms with Crippen LogP contribution in [-0.4, -0.2) is 17.5 Å². The van der Waals surface area contributed by atoms with Crippen LogP contribution >= 0.6 is 0 Å². The Hall–Kier alpha value is -2.71. The van der Waals surface area contributed by atoms with E-state index in [1.165, 1.54) is 27.8 Å². The molecular weight excluding hydrogens is 296 g/mol. The molecule has 0 amide bonds. The number of fused-ring (bicyclic) bond motifs is 3. The molecule has 3 aromatic carbocycles. The van der Waals surface area contributed by atoms with Crippen LogP contribution in [0.2, 0.25) is 0 Å². The highest BCUT2D eigenvalue weighted by Crippen LogP contribution is 2.45. The average Bonchev–Trinajstić information content (AvgIpc) is 2.96. The highest BCUT2D eigenvalue weighted by Gasteiger charge is 2.27. The standard InChI is InChI=1S/C22H18O2/c23-14-22(24)16-11-9-15(10-12-16)13-21-19-7-3-1-5-17(19)18-6-2-4-8-20(18)21/h1-12,21,23H,13-14H2. The van der Waals surface area contributed by atoms with Gasteiger partial charge in [-0.05, 0) is 34.2 Å². The molecule has 0 saturated carbocycles. The third-order valence-corrected chi connectivity index (χ3v) is 4.82. The monoisotopic (exact) mass is 314 g/mol.